The van der Waals surface area contributed by atoms with Crippen molar-refractivity contribution in [2.45, 2.75) is 6.42 Å². The van der Waals surface area contributed by atoms with Gasteiger partial charge >= 0.3 is 27.0 Å². The molecule has 2 nitrogen and oxygen atoms in total. The van der Waals surface area contributed by atoms with E-state index >= 15 is 0 Å². The van der Waals surface area contributed by atoms with Crippen LogP contribution in [0.25, 0.3) is 0 Å². The molecule has 0 fully saturated rings. The molecule has 0 radical (unpaired) electrons. The van der Waals surface area contributed by atoms with E-state index in [0.29, 0.717) is 12.3 Å². The van der Waals surface area contributed by atoms with Gasteiger partial charge in [0.05, 0.1) is 0 Å². The van der Waals surface area contributed by atoms with Crippen LogP contribution in [0.2, 0.25) is 0 Å². The van der Waals surface area contributed by atoms with Crippen molar-refractivity contribution in [1.29, 1.82) is 0 Å². The number of benzene rings is 4. The van der Waals surface area contributed by atoms with Crippen LogP contribution in [0.1, 0.15) is 6.42 Å². The molecule has 4 aromatic carbocycles. The molecule has 0 aromatic heterocycles. The van der Waals surface area contributed by atoms with Crippen LogP contribution in [0.4, 0.5) is 0 Å². The summed E-state index contributed by atoms with van der Waals surface area (Å²) in [7, 11) is -1.30. The minimum absolute atomic E-state index is 0.349. The Labute approximate surface area is 235 Å². The summed E-state index contributed by atoms with van der Waals surface area (Å²) in [4.78, 5) is 0. The van der Waals surface area contributed by atoms with Crippen molar-refractivity contribution in [3.8, 4) is 0 Å². The quantitative estimate of drug-likeness (QED) is 0.125. The van der Waals surface area contributed by atoms with Crippen LogP contribution in [-0.4, -0.2) is 12.3 Å². The Morgan fingerprint density at radius 3 is 1.05 bits per heavy atom. The Bertz CT molecular complexity index is 1170. The van der Waals surface area contributed by atoms with E-state index in [0.717, 1.165) is 27.6 Å². The minimum atomic E-state index is -2.93. The molecule has 0 saturated carbocycles. The fourth-order valence-electron chi connectivity index (χ4n) is 4.11. The third-order valence-corrected chi connectivity index (χ3v) is 12.6. The molecule has 0 unspecified atom stereocenters. The van der Waals surface area contributed by atoms with Crippen LogP contribution < -0.4 is 21.2 Å². The van der Waals surface area contributed by atoms with Crippen LogP contribution in [-0.2, 0) is 26.4 Å². The molecule has 0 spiro atoms. The topological polar surface area (TPSA) is 34.1 Å². The van der Waals surface area contributed by atoms with E-state index in [2.05, 4.69) is 21.8 Å². The van der Waals surface area contributed by atoms with Crippen LogP contribution in [0.5, 0.6) is 0 Å². The molecular weight excluding hydrogens is 603 g/mol. The molecule has 0 aliphatic heterocycles. The van der Waals surface area contributed by atoms with Gasteiger partial charge in [0.15, 0.2) is 0 Å². The summed E-state index contributed by atoms with van der Waals surface area (Å²) in [5.74, 6) is 0. The van der Waals surface area contributed by atoms with Gasteiger partial charge in [-0.3, -0.25) is 6.08 Å². The van der Waals surface area contributed by atoms with E-state index < -0.39 is 14.3 Å². The number of allylic oxidation sites excluding steroid dienone is 4. The van der Waals surface area contributed by atoms with Crippen LogP contribution in [0, 0.1) is 6.08 Å². The van der Waals surface area contributed by atoms with Gasteiger partial charge in [-0.15, -0.1) is 6.42 Å². The monoisotopic (exact) mass is 632 g/mol. The number of hydrogen-bond acceptors (Lipinski definition) is 2. The van der Waals surface area contributed by atoms with E-state index in [4.69, 9.17) is 0 Å². The van der Waals surface area contributed by atoms with E-state index in [1.54, 1.807) is 0 Å². The SMILES string of the molecule is O=P(CCP(=O)(c1ccccc1)c1ccccc1)(c1ccccc1)c1ccccc1.[C-]1=CC=CC1.[Cl][Ru+]. The van der Waals surface area contributed by atoms with Crippen molar-refractivity contribution in [2.24, 2.45) is 0 Å². The second kappa shape index (κ2) is 15.2. The first-order valence-electron chi connectivity index (χ1n) is 11.9. The van der Waals surface area contributed by atoms with Crippen molar-refractivity contribution in [3.63, 3.8) is 0 Å². The Morgan fingerprint density at radius 2 is 0.865 bits per heavy atom. The van der Waals surface area contributed by atoms with Gasteiger partial charge in [-0.2, -0.15) is 6.08 Å². The molecule has 4 aromatic rings. The molecule has 37 heavy (non-hydrogen) atoms. The van der Waals surface area contributed by atoms with Gasteiger partial charge < -0.3 is 9.13 Å². The Balaban J connectivity index is 0.000000478. The average Bonchev–Trinajstić information content (AvgIpc) is 3.59. The van der Waals surface area contributed by atoms with E-state index in [1.165, 1.54) is 0 Å². The normalized spacial score (nSPS) is 12.2. The van der Waals surface area contributed by atoms with Crippen LogP contribution >= 0.6 is 24.0 Å². The Kier molecular flexibility index (Phi) is 12.0. The molecular formula is C31H29ClO2P2Ru. The maximum absolute atomic E-state index is 14.4. The molecule has 0 bridgehead atoms. The third-order valence-electron chi connectivity index (χ3n) is 6.01. The van der Waals surface area contributed by atoms with Gasteiger partial charge in [-0.25, -0.2) is 12.2 Å². The maximum atomic E-state index is 14.4. The summed E-state index contributed by atoms with van der Waals surface area (Å²) in [6.07, 6.45) is 10.7. The second-order valence-corrected chi connectivity index (χ2v) is 14.2. The third kappa shape index (κ3) is 7.86. The molecule has 0 heterocycles. The van der Waals surface area contributed by atoms with Gasteiger partial charge in [-0.1, -0.05) is 121 Å². The van der Waals surface area contributed by atoms with Crippen molar-refractivity contribution in [3.05, 3.63) is 146 Å². The second-order valence-electron chi connectivity index (χ2n) is 8.27. The zero-order valence-corrected chi connectivity index (χ0v) is 24.6. The number of halogens is 1. The molecule has 6 heteroatoms. The van der Waals surface area contributed by atoms with Gasteiger partial charge in [0.25, 0.3) is 0 Å². The van der Waals surface area contributed by atoms with Gasteiger partial charge in [0, 0.05) is 33.5 Å². The number of hydrogen-bond donors (Lipinski definition) is 0. The van der Waals surface area contributed by atoms with E-state index in [-0.39, 0.29) is 0 Å². The van der Waals surface area contributed by atoms with E-state index in [1.807, 2.05) is 151 Å². The van der Waals surface area contributed by atoms with Gasteiger partial charge in [0.1, 0.15) is 14.3 Å². The Morgan fingerprint density at radius 1 is 0.568 bits per heavy atom. The summed E-state index contributed by atoms with van der Waals surface area (Å²) in [6.45, 7) is 0. The zero-order chi connectivity index (χ0) is 26.4. The fraction of sp³-hybridized carbons (Fsp3) is 0.0968. The molecule has 190 valence electrons. The average molecular weight is 632 g/mol. The molecule has 1 aliphatic rings. The first kappa shape index (κ1) is 29.3. The van der Waals surface area contributed by atoms with Gasteiger partial charge in [-0.05, 0) is 0 Å². The van der Waals surface area contributed by atoms with Gasteiger partial charge in [0.2, 0.25) is 0 Å². The molecule has 0 saturated heterocycles. The summed E-state index contributed by atoms with van der Waals surface area (Å²) in [5.41, 5.74) is 0. The summed E-state index contributed by atoms with van der Waals surface area (Å²) < 4.78 is 28.8. The zero-order valence-electron chi connectivity index (χ0n) is 20.3. The molecule has 1 aliphatic carbocycles. The first-order chi connectivity index (χ1) is 18.1. The van der Waals surface area contributed by atoms with E-state index in [9.17, 15) is 9.13 Å². The van der Waals surface area contributed by atoms with Crippen LogP contribution in [0.3, 0.4) is 0 Å². The first-order valence-corrected chi connectivity index (χ1v) is 17.9. The predicted molar refractivity (Wildman–Crippen MR) is 157 cm³/mol. The summed E-state index contributed by atoms with van der Waals surface area (Å²) in [6, 6.07) is 38.4. The molecule has 0 atom stereocenters. The molecule has 5 rings (SSSR count). The van der Waals surface area contributed by atoms with Crippen LogP contribution in [0.15, 0.2) is 140 Å². The van der Waals surface area contributed by atoms with Crippen molar-refractivity contribution in [1.82, 2.24) is 0 Å². The Hall–Kier alpha value is -2.27. The fourth-order valence-corrected chi connectivity index (χ4v) is 10.6. The molecule has 0 amide bonds. The van der Waals surface area contributed by atoms with Crippen molar-refractivity contribution < 1.29 is 26.4 Å². The predicted octanol–water partition coefficient (Wildman–Crippen LogP) is 7.01. The van der Waals surface area contributed by atoms with Crippen molar-refractivity contribution >= 4 is 45.2 Å². The standard InChI is InChI=1S/C26H24O2P2.C5H5.ClH.Ru/c27-29(23-13-5-1-6-14-23,24-15-7-2-8-16-24)21-22-30(28,25-17-9-3-10-18-25)26-19-11-4-12-20-26;1-2-4-5-3-1;;/h1-20H,21-22H2;1-3H,4H2;1H;/q;-1;;+2/p-1. The van der Waals surface area contributed by atoms with Crippen molar-refractivity contribution in [2.75, 3.05) is 12.3 Å². The molecule has 0 N–H and O–H groups in total. The summed E-state index contributed by atoms with van der Waals surface area (Å²) in [5, 5.41) is 3.24. The summed E-state index contributed by atoms with van der Waals surface area (Å²) >= 11 is 1.82. The number of rotatable bonds is 7.